The second-order valence-corrected chi connectivity index (χ2v) is 4.70. The molecule has 1 aromatic rings. The summed E-state index contributed by atoms with van der Waals surface area (Å²) in [6.07, 6.45) is 0.314. The van der Waals surface area contributed by atoms with E-state index in [4.69, 9.17) is 28.9 Å². The van der Waals surface area contributed by atoms with Crippen molar-refractivity contribution in [1.82, 2.24) is 10.9 Å². The first-order chi connectivity index (χ1) is 8.04. The summed E-state index contributed by atoms with van der Waals surface area (Å²) in [4.78, 5) is 11.8. The van der Waals surface area contributed by atoms with Gasteiger partial charge < -0.3 is 11.1 Å². The van der Waals surface area contributed by atoms with Gasteiger partial charge in [0.25, 0.3) is 0 Å². The molecule has 1 aliphatic rings. The minimum absolute atomic E-state index is 0.177. The zero-order chi connectivity index (χ0) is 12.4. The van der Waals surface area contributed by atoms with Crippen molar-refractivity contribution in [3.8, 4) is 0 Å². The summed E-state index contributed by atoms with van der Waals surface area (Å²) in [5, 5.41) is 3.67. The third-order valence-electron chi connectivity index (χ3n) is 2.38. The lowest BCUT2D eigenvalue weighted by Crippen LogP contribution is -2.41. The Morgan fingerprint density at radius 3 is 2.47 bits per heavy atom. The SMILES string of the molecule is NC1CC(C(=O)Nc2cc(Cl)cc(Cl)c2)NN1. The van der Waals surface area contributed by atoms with Gasteiger partial charge in [0.2, 0.25) is 5.91 Å². The van der Waals surface area contributed by atoms with Crippen LogP contribution >= 0.6 is 23.2 Å². The number of hydrazine groups is 1. The van der Waals surface area contributed by atoms with Crippen LogP contribution in [0.3, 0.4) is 0 Å². The van der Waals surface area contributed by atoms with E-state index in [-0.39, 0.29) is 18.1 Å². The van der Waals surface area contributed by atoms with Crippen LogP contribution in [0.1, 0.15) is 6.42 Å². The first-order valence-corrected chi connectivity index (χ1v) is 5.84. The Labute approximate surface area is 109 Å². The number of nitrogens with two attached hydrogens (primary N) is 1. The Morgan fingerprint density at radius 2 is 1.94 bits per heavy atom. The zero-order valence-electron chi connectivity index (χ0n) is 8.84. The van der Waals surface area contributed by atoms with Crippen molar-refractivity contribution in [2.45, 2.75) is 18.6 Å². The van der Waals surface area contributed by atoms with E-state index in [1.165, 1.54) is 0 Å². The second-order valence-electron chi connectivity index (χ2n) is 3.83. The summed E-state index contributed by atoms with van der Waals surface area (Å²) in [6.45, 7) is 0. The second kappa shape index (κ2) is 5.20. The van der Waals surface area contributed by atoms with Gasteiger partial charge in [0, 0.05) is 22.2 Å². The minimum atomic E-state index is -0.359. The maximum atomic E-state index is 11.8. The molecule has 1 heterocycles. The van der Waals surface area contributed by atoms with Crippen molar-refractivity contribution in [3.05, 3.63) is 28.2 Å². The number of benzene rings is 1. The number of amides is 1. The van der Waals surface area contributed by atoms with Crippen LogP contribution in [0.25, 0.3) is 0 Å². The molecule has 0 bridgehead atoms. The number of hydrogen-bond donors (Lipinski definition) is 4. The molecule has 1 aromatic carbocycles. The molecule has 5 nitrogen and oxygen atoms in total. The molecule has 7 heteroatoms. The molecule has 0 spiro atoms. The van der Waals surface area contributed by atoms with Crippen LogP contribution in [0.4, 0.5) is 5.69 Å². The average molecular weight is 275 g/mol. The molecule has 1 saturated heterocycles. The summed E-state index contributed by atoms with van der Waals surface area (Å²) in [5.41, 5.74) is 11.7. The molecule has 2 atom stereocenters. The van der Waals surface area contributed by atoms with Gasteiger partial charge in [-0.15, -0.1) is 0 Å². The topological polar surface area (TPSA) is 79.2 Å². The van der Waals surface area contributed by atoms with Crippen LogP contribution in [0, 0.1) is 0 Å². The van der Waals surface area contributed by atoms with Gasteiger partial charge in [-0.1, -0.05) is 23.2 Å². The summed E-state index contributed by atoms with van der Waals surface area (Å²) in [7, 11) is 0. The molecule has 1 amide bonds. The predicted molar refractivity (Wildman–Crippen MR) is 67.7 cm³/mol. The van der Waals surface area contributed by atoms with Gasteiger partial charge in [-0.05, 0) is 18.2 Å². The minimum Gasteiger partial charge on any atom is -0.325 e. The van der Waals surface area contributed by atoms with E-state index in [9.17, 15) is 4.79 Å². The summed E-state index contributed by atoms with van der Waals surface area (Å²) in [5.74, 6) is -0.177. The third kappa shape index (κ3) is 3.31. The molecule has 2 rings (SSSR count). The molecular weight excluding hydrogens is 263 g/mol. The van der Waals surface area contributed by atoms with Crippen molar-refractivity contribution < 1.29 is 4.79 Å². The lowest BCUT2D eigenvalue weighted by atomic mass is 10.2. The first kappa shape index (κ1) is 12.6. The normalized spacial score (nSPS) is 23.7. The number of halogens is 2. The maximum Gasteiger partial charge on any atom is 0.242 e. The fourth-order valence-electron chi connectivity index (χ4n) is 1.61. The lowest BCUT2D eigenvalue weighted by Gasteiger charge is -2.10. The monoisotopic (exact) mass is 274 g/mol. The number of rotatable bonds is 2. The van der Waals surface area contributed by atoms with E-state index < -0.39 is 0 Å². The molecule has 0 aliphatic carbocycles. The van der Waals surface area contributed by atoms with Crippen molar-refractivity contribution >= 4 is 34.8 Å². The fraction of sp³-hybridized carbons (Fsp3) is 0.300. The molecule has 2 unspecified atom stereocenters. The Morgan fingerprint density at radius 1 is 1.29 bits per heavy atom. The van der Waals surface area contributed by atoms with Gasteiger partial charge >= 0.3 is 0 Å². The van der Waals surface area contributed by atoms with Gasteiger partial charge in [-0.3, -0.25) is 4.79 Å². The smallest absolute Gasteiger partial charge is 0.242 e. The Balaban J connectivity index is 2.03. The van der Waals surface area contributed by atoms with E-state index >= 15 is 0 Å². The van der Waals surface area contributed by atoms with Crippen molar-refractivity contribution in [3.63, 3.8) is 0 Å². The Bertz CT molecular complexity index is 420. The van der Waals surface area contributed by atoms with Gasteiger partial charge in [-0.25, -0.2) is 10.9 Å². The highest BCUT2D eigenvalue weighted by Gasteiger charge is 2.26. The molecule has 17 heavy (non-hydrogen) atoms. The van der Waals surface area contributed by atoms with Crippen LogP contribution in [-0.4, -0.2) is 18.1 Å². The van der Waals surface area contributed by atoms with E-state index in [0.717, 1.165) is 0 Å². The Hall–Kier alpha value is -0.850. The molecule has 92 valence electrons. The van der Waals surface area contributed by atoms with Crippen LogP contribution in [0.5, 0.6) is 0 Å². The highest BCUT2D eigenvalue weighted by Crippen LogP contribution is 2.22. The zero-order valence-corrected chi connectivity index (χ0v) is 10.3. The summed E-state index contributed by atoms with van der Waals surface area (Å²) in [6, 6.07) is 4.51. The number of hydrogen-bond acceptors (Lipinski definition) is 4. The molecule has 0 saturated carbocycles. The average Bonchev–Trinajstić information content (AvgIpc) is 2.63. The van der Waals surface area contributed by atoms with E-state index in [1.54, 1.807) is 18.2 Å². The van der Waals surface area contributed by atoms with E-state index in [0.29, 0.717) is 22.2 Å². The van der Waals surface area contributed by atoms with Gasteiger partial charge in [0.05, 0.1) is 6.17 Å². The third-order valence-corrected chi connectivity index (χ3v) is 2.82. The standard InChI is InChI=1S/C10H12Cl2N4O/c11-5-1-6(12)3-7(2-5)14-10(17)8-4-9(13)16-15-8/h1-3,8-9,15-16H,4,13H2,(H,14,17). The highest BCUT2D eigenvalue weighted by atomic mass is 35.5. The molecule has 0 aromatic heterocycles. The quantitative estimate of drug-likeness (QED) is 0.651. The number of nitrogens with one attached hydrogen (secondary N) is 3. The van der Waals surface area contributed by atoms with Gasteiger partial charge in [0.1, 0.15) is 6.04 Å². The van der Waals surface area contributed by atoms with Crippen LogP contribution in [0.15, 0.2) is 18.2 Å². The molecule has 1 aliphatic heterocycles. The van der Waals surface area contributed by atoms with Crippen molar-refractivity contribution in [2.75, 3.05) is 5.32 Å². The van der Waals surface area contributed by atoms with E-state index in [2.05, 4.69) is 16.2 Å². The van der Waals surface area contributed by atoms with Crippen LogP contribution in [0.2, 0.25) is 10.0 Å². The molecule has 0 radical (unpaired) electrons. The van der Waals surface area contributed by atoms with Crippen LogP contribution in [-0.2, 0) is 4.79 Å². The number of anilines is 1. The largest absolute Gasteiger partial charge is 0.325 e. The maximum absolute atomic E-state index is 11.8. The predicted octanol–water partition coefficient (Wildman–Crippen LogP) is 1.08. The summed E-state index contributed by atoms with van der Waals surface area (Å²) >= 11 is 11.7. The first-order valence-electron chi connectivity index (χ1n) is 5.08. The number of carbonyl (C=O) groups is 1. The van der Waals surface area contributed by atoms with E-state index in [1.807, 2.05) is 0 Å². The molecule has 5 N–H and O–H groups in total. The molecule has 1 fully saturated rings. The van der Waals surface area contributed by atoms with Crippen molar-refractivity contribution in [2.24, 2.45) is 5.73 Å². The lowest BCUT2D eigenvalue weighted by molar-refractivity contribution is -0.117. The van der Waals surface area contributed by atoms with Crippen molar-refractivity contribution in [1.29, 1.82) is 0 Å². The van der Waals surface area contributed by atoms with Crippen LogP contribution < -0.4 is 21.9 Å². The van der Waals surface area contributed by atoms with Gasteiger partial charge in [0.15, 0.2) is 0 Å². The Kier molecular flexibility index (Phi) is 3.86. The number of carbonyl (C=O) groups excluding carboxylic acids is 1. The fourth-order valence-corrected chi connectivity index (χ4v) is 2.13. The molecular formula is C10H12Cl2N4O. The summed E-state index contributed by atoms with van der Waals surface area (Å²) < 4.78 is 0. The highest BCUT2D eigenvalue weighted by molar-refractivity contribution is 6.35. The van der Waals surface area contributed by atoms with Gasteiger partial charge in [-0.2, -0.15) is 0 Å².